The largest absolute Gasteiger partial charge is 0.454 e. The topological polar surface area (TPSA) is 87.2 Å². The molecule has 0 aliphatic carbocycles. The number of carbonyl (C=O) groups is 4. The summed E-state index contributed by atoms with van der Waals surface area (Å²) in [5.41, 5.74) is 3.30. The van der Waals surface area contributed by atoms with Gasteiger partial charge in [0, 0.05) is 31.7 Å². The molecule has 6 rings (SSSR count). The van der Waals surface area contributed by atoms with Crippen LogP contribution in [0.4, 0.5) is 5.69 Å². The highest BCUT2D eigenvalue weighted by atomic mass is 35.5. The van der Waals surface area contributed by atoms with Gasteiger partial charge in [-0.25, -0.2) is 9.69 Å². The van der Waals surface area contributed by atoms with Gasteiger partial charge in [-0.3, -0.25) is 24.2 Å². The van der Waals surface area contributed by atoms with Crippen molar-refractivity contribution >= 4 is 40.9 Å². The SMILES string of the molecule is O=C(OCC(=O)c1ccccc1Cl)c1ccc(N2C(=O)CC(N3CCN(C(c4ccccc4)c4ccccc4)CC3)C2=O)cc1. The van der Waals surface area contributed by atoms with E-state index >= 15 is 0 Å². The number of anilines is 1. The Balaban J connectivity index is 1.07. The van der Waals surface area contributed by atoms with Crippen molar-refractivity contribution in [2.75, 3.05) is 37.7 Å². The lowest BCUT2D eigenvalue weighted by atomic mass is 9.96. The second kappa shape index (κ2) is 13.6. The van der Waals surface area contributed by atoms with Crippen molar-refractivity contribution < 1.29 is 23.9 Å². The molecule has 8 nitrogen and oxygen atoms in total. The molecule has 0 spiro atoms. The number of hydrogen-bond donors (Lipinski definition) is 0. The van der Waals surface area contributed by atoms with Gasteiger partial charge in [-0.2, -0.15) is 0 Å². The van der Waals surface area contributed by atoms with Crippen LogP contribution in [0.1, 0.15) is 44.3 Å². The van der Waals surface area contributed by atoms with Crippen LogP contribution in [0.2, 0.25) is 5.02 Å². The molecule has 2 aliphatic rings. The van der Waals surface area contributed by atoms with Gasteiger partial charge in [0.25, 0.3) is 5.91 Å². The van der Waals surface area contributed by atoms with Crippen molar-refractivity contribution in [3.8, 4) is 0 Å². The van der Waals surface area contributed by atoms with Crippen LogP contribution >= 0.6 is 11.6 Å². The fourth-order valence-electron chi connectivity index (χ4n) is 6.09. The first-order valence-corrected chi connectivity index (χ1v) is 15.3. The van der Waals surface area contributed by atoms with E-state index in [2.05, 4.69) is 58.3 Å². The summed E-state index contributed by atoms with van der Waals surface area (Å²) in [6.45, 7) is 2.36. The summed E-state index contributed by atoms with van der Waals surface area (Å²) in [4.78, 5) is 57.3. The Hall–Kier alpha value is -4.63. The lowest BCUT2D eigenvalue weighted by Gasteiger charge is -2.41. The van der Waals surface area contributed by atoms with E-state index in [0.29, 0.717) is 18.8 Å². The van der Waals surface area contributed by atoms with E-state index < -0.39 is 24.4 Å². The summed E-state index contributed by atoms with van der Waals surface area (Å²) >= 11 is 6.05. The molecule has 1 unspecified atom stereocenters. The number of amides is 2. The molecule has 1 atom stereocenters. The first-order chi connectivity index (χ1) is 21.9. The third-order valence-corrected chi connectivity index (χ3v) is 8.71. The molecular weight excluding hydrogens is 590 g/mol. The van der Waals surface area contributed by atoms with Gasteiger partial charge in [0.2, 0.25) is 11.7 Å². The summed E-state index contributed by atoms with van der Waals surface area (Å²) in [6, 6.07) is 33.0. The third kappa shape index (κ3) is 6.59. The van der Waals surface area contributed by atoms with E-state index in [-0.39, 0.29) is 40.4 Å². The van der Waals surface area contributed by atoms with Crippen LogP contribution in [0, 0.1) is 0 Å². The minimum Gasteiger partial charge on any atom is -0.454 e. The van der Waals surface area contributed by atoms with Crippen LogP contribution in [0.15, 0.2) is 109 Å². The minimum atomic E-state index is -0.693. The minimum absolute atomic E-state index is 0.103. The van der Waals surface area contributed by atoms with Crippen LogP contribution in [0.5, 0.6) is 0 Å². The van der Waals surface area contributed by atoms with Crippen molar-refractivity contribution in [3.05, 3.63) is 136 Å². The average Bonchev–Trinajstić information content (AvgIpc) is 3.38. The predicted octanol–water partition coefficient (Wildman–Crippen LogP) is 5.42. The zero-order chi connectivity index (χ0) is 31.3. The number of ether oxygens (including phenoxy) is 1. The van der Waals surface area contributed by atoms with Crippen LogP contribution in [0.3, 0.4) is 0 Å². The highest BCUT2D eigenvalue weighted by Crippen LogP contribution is 2.32. The lowest BCUT2D eigenvalue weighted by Crippen LogP contribution is -2.53. The number of halogens is 1. The van der Waals surface area contributed by atoms with Gasteiger partial charge in [-0.05, 0) is 47.5 Å². The Morgan fingerprint density at radius 1 is 0.756 bits per heavy atom. The first kappa shape index (κ1) is 30.4. The molecule has 4 aromatic carbocycles. The highest BCUT2D eigenvalue weighted by molar-refractivity contribution is 6.34. The predicted molar refractivity (Wildman–Crippen MR) is 171 cm³/mol. The number of ketones is 1. The number of carbonyl (C=O) groups excluding carboxylic acids is 4. The van der Waals surface area contributed by atoms with Crippen molar-refractivity contribution in [2.45, 2.75) is 18.5 Å². The normalized spacial score (nSPS) is 17.6. The molecular formula is C36H32ClN3O5. The number of benzene rings is 4. The maximum Gasteiger partial charge on any atom is 0.338 e. The Bertz CT molecular complexity index is 1650. The summed E-state index contributed by atoms with van der Waals surface area (Å²) in [6.07, 6.45) is 0.105. The molecule has 0 N–H and O–H groups in total. The average molecular weight is 622 g/mol. The molecule has 2 amide bonds. The van der Waals surface area contributed by atoms with E-state index in [4.69, 9.17) is 16.3 Å². The number of Topliss-reactive ketones (excluding diaryl/α,β-unsaturated/α-hetero) is 1. The standard InChI is InChI=1S/C36H32ClN3O5/c37-30-14-8-7-13-29(30)32(41)24-45-36(44)27-15-17-28(18-16-27)40-33(42)23-31(35(40)43)38-19-21-39(22-20-38)34(25-9-3-1-4-10-25)26-11-5-2-6-12-26/h1-18,31,34H,19-24H2. The zero-order valence-corrected chi connectivity index (χ0v) is 25.3. The number of piperazine rings is 1. The first-order valence-electron chi connectivity index (χ1n) is 14.9. The molecule has 45 heavy (non-hydrogen) atoms. The van der Waals surface area contributed by atoms with E-state index in [9.17, 15) is 19.2 Å². The van der Waals surface area contributed by atoms with Gasteiger partial charge in [0.15, 0.2) is 6.61 Å². The fourth-order valence-corrected chi connectivity index (χ4v) is 6.33. The maximum absolute atomic E-state index is 13.5. The molecule has 2 aliphatic heterocycles. The number of nitrogens with zero attached hydrogens (tertiary/aromatic N) is 3. The molecule has 2 fully saturated rings. The van der Waals surface area contributed by atoms with Gasteiger partial charge < -0.3 is 4.74 Å². The molecule has 0 radical (unpaired) electrons. The van der Waals surface area contributed by atoms with Gasteiger partial charge >= 0.3 is 5.97 Å². The number of rotatable bonds is 9. The summed E-state index contributed by atoms with van der Waals surface area (Å²) in [5, 5.41) is 0.284. The summed E-state index contributed by atoms with van der Waals surface area (Å²) in [5.74, 6) is -1.65. The maximum atomic E-state index is 13.5. The Morgan fingerprint density at radius 3 is 1.93 bits per heavy atom. The number of imide groups is 1. The van der Waals surface area contributed by atoms with E-state index in [1.165, 1.54) is 28.2 Å². The number of esters is 1. The Labute approximate surface area is 266 Å². The molecule has 2 heterocycles. The van der Waals surface area contributed by atoms with Gasteiger partial charge in [-0.15, -0.1) is 0 Å². The van der Waals surface area contributed by atoms with Crippen LogP contribution in [-0.2, 0) is 14.3 Å². The van der Waals surface area contributed by atoms with Crippen molar-refractivity contribution in [2.24, 2.45) is 0 Å². The van der Waals surface area contributed by atoms with Crippen molar-refractivity contribution in [1.29, 1.82) is 0 Å². The second-order valence-electron chi connectivity index (χ2n) is 11.1. The van der Waals surface area contributed by atoms with Crippen molar-refractivity contribution in [1.82, 2.24) is 9.80 Å². The van der Waals surface area contributed by atoms with Gasteiger partial charge in [0.1, 0.15) is 0 Å². The Kier molecular flexibility index (Phi) is 9.16. The third-order valence-electron chi connectivity index (χ3n) is 8.38. The quantitative estimate of drug-likeness (QED) is 0.140. The van der Waals surface area contributed by atoms with Gasteiger partial charge in [0.05, 0.1) is 34.8 Å². The van der Waals surface area contributed by atoms with Crippen LogP contribution in [0.25, 0.3) is 0 Å². The monoisotopic (exact) mass is 621 g/mol. The molecule has 0 aromatic heterocycles. The molecule has 2 saturated heterocycles. The fraction of sp³-hybridized carbons (Fsp3) is 0.222. The molecule has 0 bridgehead atoms. The highest BCUT2D eigenvalue weighted by Gasteiger charge is 2.44. The summed E-state index contributed by atoms with van der Waals surface area (Å²) in [7, 11) is 0. The van der Waals surface area contributed by atoms with Crippen molar-refractivity contribution in [3.63, 3.8) is 0 Å². The zero-order valence-electron chi connectivity index (χ0n) is 24.6. The van der Waals surface area contributed by atoms with E-state index in [1.54, 1.807) is 36.4 Å². The lowest BCUT2D eigenvalue weighted by molar-refractivity contribution is -0.123. The van der Waals surface area contributed by atoms with Crippen LogP contribution < -0.4 is 4.90 Å². The Morgan fingerprint density at radius 2 is 1.33 bits per heavy atom. The summed E-state index contributed by atoms with van der Waals surface area (Å²) < 4.78 is 5.18. The van der Waals surface area contributed by atoms with E-state index in [1.807, 2.05) is 12.1 Å². The molecule has 9 heteroatoms. The smallest absolute Gasteiger partial charge is 0.338 e. The van der Waals surface area contributed by atoms with Gasteiger partial charge in [-0.1, -0.05) is 84.4 Å². The number of hydrogen-bond acceptors (Lipinski definition) is 7. The van der Waals surface area contributed by atoms with E-state index in [0.717, 1.165) is 13.1 Å². The molecule has 4 aromatic rings. The molecule has 228 valence electrons. The second-order valence-corrected chi connectivity index (χ2v) is 11.5. The molecule has 0 saturated carbocycles. The van der Waals surface area contributed by atoms with Crippen LogP contribution in [-0.4, -0.2) is 72.2 Å².